The Morgan fingerprint density at radius 1 is 1.36 bits per heavy atom. The molecule has 1 aliphatic heterocycles. The Labute approximate surface area is 151 Å². The smallest absolute Gasteiger partial charge is 0.317 e. The Bertz CT molecular complexity index is 521. The van der Waals surface area contributed by atoms with E-state index in [2.05, 4.69) is 49.1 Å². The molecule has 1 aliphatic rings. The molecule has 0 amide bonds. The van der Waals surface area contributed by atoms with E-state index in [9.17, 15) is 4.79 Å². The molecule has 1 saturated heterocycles. The SMILES string of the molecule is CC(C)CC(CN1CCOC(CN(C)CC(=O)O)C1)c1ccccc1. The summed E-state index contributed by atoms with van der Waals surface area (Å²) < 4.78 is 5.85. The van der Waals surface area contributed by atoms with Crippen LogP contribution in [0.25, 0.3) is 0 Å². The van der Waals surface area contributed by atoms with Crippen molar-refractivity contribution >= 4 is 5.97 Å². The first-order chi connectivity index (χ1) is 11.9. The summed E-state index contributed by atoms with van der Waals surface area (Å²) in [6.45, 7) is 8.83. The average Bonchev–Trinajstić information content (AvgIpc) is 2.54. The third-order valence-corrected chi connectivity index (χ3v) is 4.65. The van der Waals surface area contributed by atoms with E-state index in [4.69, 9.17) is 9.84 Å². The Morgan fingerprint density at radius 3 is 2.72 bits per heavy atom. The second-order valence-corrected chi connectivity index (χ2v) is 7.58. The lowest BCUT2D eigenvalue weighted by Gasteiger charge is -2.36. The molecule has 1 heterocycles. The van der Waals surface area contributed by atoms with Gasteiger partial charge in [0.1, 0.15) is 0 Å². The number of rotatable bonds is 9. The highest BCUT2D eigenvalue weighted by Crippen LogP contribution is 2.25. The van der Waals surface area contributed by atoms with Crippen molar-refractivity contribution in [3.8, 4) is 0 Å². The molecular weight excluding hydrogens is 316 g/mol. The molecule has 1 fully saturated rings. The van der Waals surface area contributed by atoms with E-state index < -0.39 is 5.97 Å². The van der Waals surface area contributed by atoms with Crippen molar-refractivity contribution in [1.29, 1.82) is 0 Å². The molecular formula is C20H32N2O3. The van der Waals surface area contributed by atoms with Crippen molar-refractivity contribution in [3.63, 3.8) is 0 Å². The minimum Gasteiger partial charge on any atom is -0.480 e. The zero-order valence-electron chi connectivity index (χ0n) is 15.7. The number of aliphatic carboxylic acids is 1. The minimum atomic E-state index is -0.795. The first kappa shape index (κ1) is 19.9. The lowest BCUT2D eigenvalue weighted by Crippen LogP contribution is -2.48. The predicted octanol–water partition coefficient (Wildman–Crippen LogP) is 2.53. The highest BCUT2D eigenvalue weighted by molar-refractivity contribution is 5.69. The first-order valence-electron chi connectivity index (χ1n) is 9.23. The van der Waals surface area contributed by atoms with Crippen molar-refractivity contribution in [2.24, 2.45) is 5.92 Å². The number of hydrogen-bond acceptors (Lipinski definition) is 4. The maximum atomic E-state index is 10.8. The molecule has 0 spiro atoms. The van der Waals surface area contributed by atoms with Crippen LogP contribution in [0.15, 0.2) is 30.3 Å². The van der Waals surface area contributed by atoms with Gasteiger partial charge in [0, 0.05) is 26.2 Å². The molecule has 140 valence electrons. The van der Waals surface area contributed by atoms with E-state index >= 15 is 0 Å². The molecule has 0 aliphatic carbocycles. The van der Waals surface area contributed by atoms with Gasteiger partial charge < -0.3 is 9.84 Å². The summed E-state index contributed by atoms with van der Waals surface area (Å²) in [5.41, 5.74) is 1.40. The molecule has 2 atom stereocenters. The Balaban J connectivity index is 1.93. The predicted molar refractivity (Wildman–Crippen MR) is 100.0 cm³/mol. The summed E-state index contributed by atoms with van der Waals surface area (Å²) in [5, 5.41) is 8.90. The average molecular weight is 348 g/mol. The molecule has 1 N–H and O–H groups in total. The lowest BCUT2D eigenvalue weighted by atomic mass is 9.89. The molecule has 1 aromatic carbocycles. The fourth-order valence-corrected chi connectivity index (χ4v) is 3.62. The molecule has 2 rings (SSSR count). The van der Waals surface area contributed by atoms with E-state index in [-0.39, 0.29) is 12.6 Å². The van der Waals surface area contributed by atoms with E-state index in [1.165, 1.54) is 12.0 Å². The number of carbonyl (C=O) groups is 1. The van der Waals surface area contributed by atoms with Gasteiger partial charge in [-0.1, -0.05) is 44.2 Å². The number of ether oxygens (including phenoxy) is 1. The number of carboxylic acids is 1. The molecule has 0 aromatic heterocycles. The van der Waals surface area contributed by atoms with Crippen molar-refractivity contribution in [1.82, 2.24) is 9.80 Å². The van der Waals surface area contributed by atoms with Crippen molar-refractivity contribution in [2.75, 3.05) is 46.4 Å². The number of benzene rings is 1. The Hall–Kier alpha value is -1.43. The van der Waals surface area contributed by atoms with Crippen LogP contribution in [-0.2, 0) is 9.53 Å². The highest BCUT2D eigenvalue weighted by Gasteiger charge is 2.25. The second-order valence-electron chi connectivity index (χ2n) is 7.58. The molecule has 5 nitrogen and oxygen atoms in total. The Kier molecular flexibility index (Phi) is 7.88. The van der Waals surface area contributed by atoms with Gasteiger partial charge in [-0.05, 0) is 30.9 Å². The van der Waals surface area contributed by atoms with Crippen molar-refractivity contribution in [3.05, 3.63) is 35.9 Å². The molecule has 1 aromatic rings. The molecule has 0 radical (unpaired) electrons. The standard InChI is InChI=1S/C20H32N2O3/c1-16(2)11-18(17-7-5-4-6-8-17)12-22-9-10-25-19(14-22)13-21(3)15-20(23)24/h4-8,16,18-19H,9-15H2,1-3H3,(H,23,24). The molecule has 5 heteroatoms. The van der Waals surface area contributed by atoms with Gasteiger partial charge in [0.05, 0.1) is 19.3 Å². The quantitative estimate of drug-likeness (QED) is 0.743. The molecule has 2 unspecified atom stereocenters. The summed E-state index contributed by atoms with van der Waals surface area (Å²) in [7, 11) is 1.84. The summed E-state index contributed by atoms with van der Waals surface area (Å²) >= 11 is 0. The first-order valence-corrected chi connectivity index (χ1v) is 9.23. The van der Waals surface area contributed by atoms with Crippen LogP contribution in [0.2, 0.25) is 0 Å². The van der Waals surface area contributed by atoms with E-state index in [0.717, 1.165) is 26.2 Å². The highest BCUT2D eigenvalue weighted by atomic mass is 16.5. The fourth-order valence-electron chi connectivity index (χ4n) is 3.62. The van der Waals surface area contributed by atoms with Gasteiger partial charge in [-0.3, -0.25) is 14.6 Å². The van der Waals surface area contributed by atoms with Crippen molar-refractivity contribution in [2.45, 2.75) is 32.3 Å². The monoisotopic (exact) mass is 348 g/mol. The largest absolute Gasteiger partial charge is 0.480 e. The topological polar surface area (TPSA) is 53.0 Å². The number of carboxylic acid groups (broad SMARTS) is 1. The normalized spacial score (nSPS) is 20.1. The maximum Gasteiger partial charge on any atom is 0.317 e. The van der Waals surface area contributed by atoms with Crippen molar-refractivity contribution < 1.29 is 14.6 Å². The molecule has 25 heavy (non-hydrogen) atoms. The lowest BCUT2D eigenvalue weighted by molar-refractivity contribution is -0.138. The van der Waals surface area contributed by atoms with Crippen LogP contribution in [0.3, 0.4) is 0 Å². The van der Waals surface area contributed by atoms with Gasteiger partial charge >= 0.3 is 5.97 Å². The summed E-state index contributed by atoms with van der Waals surface area (Å²) in [6.07, 6.45) is 1.25. The third-order valence-electron chi connectivity index (χ3n) is 4.65. The molecule has 0 bridgehead atoms. The van der Waals surface area contributed by atoms with E-state index in [0.29, 0.717) is 18.4 Å². The number of nitrogens with zero attached hydrogens (tertiary/aromatic N) is 2. The summed E-state index contributed by atoms with van der Waals surface area (Å²) in [5.74, 6) is 0.386. The van der Waals surface area contributed by atoms with Crippen LogP contribution in [0.1, 0.15) is 31.7 Å². The van der Waals surface area contributed by atoms with Crippen LogP contribution >= 0.6 is 0 Å². The van der Waals surface area contributed by atoms with Crippen LogP contribution in [-0.4, -0.2) is 73.4 Å². The van der Waals surface area contributed by atoms with Gasteiger partial charge in [-0.2, -0.15) is 0 Å². The number of likely N-dealkylation sites (N-methyl/N-ethyl adjacent to an activating group) is 1. The van der Waals surface area contributed by atoms with Crippen LogP contribution < -0.4 is 0 Å². The van der Waals surface area contributed by atoms with Gasteiger partial charge in [0.2, 0.25) is 0 Å². The van der Waals surface area contributed by atoms with Gasteiger partial charge in [0.15, 0.2) is 0 Å². The van der Waals surface area contributed by atoms with Gasteiger partial charge in [0.25, 0.3) is 0 Å². The second kappa shape index (κ2) is 9.90. The fraction of sp³-hybridized carbons (Fsp3) is 0.650. The summed E-state index contributed by atoms with van der Waals surface area (Å²) in [6, 6.07) is 10.8. The van der Waals surface area contributed by atoms with Crippen LogP contribution in [0.4, 0.5) is 0 Å². The minimum absolute atomic E-state index is 0.0554. The zero-order valence-corrected chi connectivity index (χ0v) is 15.7. The van der Waals surface area contributed by atoms with E-state index in [1.54, 1.807) is 0 Å². The van der Waals surface area contributed by atoms with Gasteiger partial charge in [-0.15, -0.1) is 0 Å². The van der Waals surface area contributed by atoms with E-state index in [1.807, 2.05) is 11.9 Å². The third kappa shape index (κ3) is 7.14. The molecule has 0 saturated carbocycles. The maximum absolute atomic E-state index is 10.8. The van der Waals surface area contributed by atoms with Crippen LogP contribution in [0, 0.1) is 5.92 Å². The number of hydrogen-bond donors (Lipinski definition) is 1. The Morgan fingerprint density at radius 2 is 2.08 bits per heavy atom. The zero-order chi connectivity index (χ0) is 18.2. The van der Waals surface area contributed by atoms with Crippen LogP contribution in [0.5, 0.6) is 0 Å². The number of morpholine rings is 1. The van der Waals surface area contributed by atoms with Gasteiger partial charge in [-0.25, -0.2) is 0 Å². The summed E-state index contributed by atoms with van der Waals surface area (Å²) in [4.78, 5) is 15.1.